The van der Waals surface area contributed by atoms with Crippen molar-refractivity contribution in [1.29, 1.82) is 0 Å². The number of hydrogen-bond acceptors (Lipinski definition) is 5. The van der Waals surface area contributed by atoms with Crippen LogP contribution < -0.4 is 15.1 Å². The molecule has 41 heavy (non-hydrogen) atoms. The lowest BCUT2D eigenvalue weighted by atomic mass is 9.73. The van der Waals surface area contributed by atoms with Crippen LogP contribution in [0.2, 0.25) is 5.02 Å². The zero-order valence-electron chi connectivity index (χ0n) is 23.4. The van der Waals surface area contributed by atoms with Gasteiger partial charge in [-0.1, -0.05) is 55.8 Å². The number of rotatable bonds is 4. The quantitative estimate of drug-likeness (QED) is 0.390. The molecule has 1 amide bonds. The van der Waals surface area contributed by atoms with Crippen molar-refractivity contribution >= 4 is 40.4 Å². The average molecular weight is 573 g/mol. The molecule has 1 saturated heterocycles. The van der Waals surface area contributed by atoms with Gasteiger partial charge in [0.15, 0.2) is 5.78 Å². The Hall–Kier alpha value is -3.84. The highest BCUT2D eigenvalue weighted by molar-refractivity contribution is 6.30. The number of amides is 1. The number of ketones is 1. The minimum atomic E-state index is -0.526. The van der Waals surface area contributed by atoms with Gasteiger partial charge in [-0.15, -0.1) is 0 Å². The fourth-order valence-corrected chi connectivity index (χ4v) is 6.54. The van der Waals surface area contributed by atoms with Crippen LogP contribution in [0.5, 0.6) is 0 Å². The van der Waals surface area contributed by atoms with Gasteiger partial charge in [0.2, 0.25) is 5.91 Å². The molecule has 0 saturated carbocycles. The number of carbonyl (C=O) groups is 2. The highest BCUT2D eigenvalue weighted by Crippen LogP contribution is 2.48. The standard InChI is InChI=1S/C33H34ClFN4O2/c1-33(2)19-27-31(29(40)20-33)32(22-10-12-24(35)13-11-22)39(28-9-4-3-8-26(28)36-27)21-30(41)38-16-14-37(15-17-38)25-7-5-6-23(34)18-25/h3-13,18,32,36H,14-17,19-21H2,1-2H3. The van der Waals surface area contributed by atoms with Gasteiger partial charge in [-0.05, 0) is 59.9 Å². The summed E-state index contributed by atoms with van der Waals surface area (Å²) in [5.41, 5.74) is 4.86. The number of carbonyl (C=O) groups excluding carboxylic acids is 2. The summed E-state index contributed by atoms with van der Waals surface area (Å²) in [6, 6.07) is 21.4. The van der Waals surface area contributed by atoms with Crippen LogP contribution in [0.15, 0.2) is 84.1 Å². The molecule has 1 unspecified atom stereocenters. The smallest absolute Gasteiger partial charge is 0.242 e. The van der Waals surface area contributed by atoms with E-state index < -0.39 is 6.04 Å². The first kappa shape index (κ1) is 27.3. The third-order valence-electron chi connectivity index (χ3n) is 8.30. The van der Waals surface area contributed by atoms with Crippen molar-refractivity contribution in [2.24, 2.45) is 5.41 Å². The molecular formula is C33H34ClFN4O2. The van der Waals surface area contributed by atoms with Crippen molar-refractivity contribution in [3.8, 4) is 0 Å². The number of anilines is 3. The molecule has 8 heteroatoms. The van der Waals surface area contributed by atoms with Gasteiger partial charge in [0.1, 0.15) is 5.82 Å². The van der Waals surface area contributed by atoms with Crippen molar-refractivity contribution < 1.29 is 14.0 Å². The van der Waals surface area contributed by atoms with E-state index in [4.69, 9.17) is 11.6 Å². The summed E-state index contributed by atoms with van der Waals surface area (Å²) in [7, 11) is 0. The minimum Gasteiger partial charge on any atom is -0.368 e. The highest BCUT2D eigenvalue weighted by Gasteiger charge is 2.42. The molecule has 212 valence electrons. The number of allylic oxidation sites excluding steroid dienone is 1. The summed E-state index contributed by atoms with van der Waals surface area (Å²) in [6.45, 7) is 6.87. The third kappa shape index (κ3) is 5.55. The fraction of sp³-hybridized carbons (Fsp3) is 0.333. The molecule has 0 aromatic heterocycles. The molecule has 3 aromatic carbocycles. The lowest BCUT2D eigenvalue weighted by Gasteiger charge is -2.40. The first-order valence-electron chi connectivity index (χ1n) is 14.1. The van der Waals surface area contributed by atoms with Crippen LogP contribution in [-0.2, 0) is 9.59 Å². The van der Waals surface area contributed by atoms with E-state index in [1.807, 2.05) is 58.3 Å². The van der Waals surface area contributed by atoms with Crippen LogP contribution in [0.25, 0.3) is 0 Å². The predicted molar refractivity (Wildman–Crippen MR) is 162 cm³/mol. The predicted octanol–water partition coefficient (Wildman–Crippen LogP) is 6.44. The average Bonchev–Trinajstić information content (AvgIpc) is 3.07. The Morgan fingerprint density at radius 1 is 0.976 bits per heavy atom. The molecule has 0 bridgehead atoms. The maximum atomic E-state index is 14.0. The number of Topliss-reactive ketones (excluding diaryl/α,β-unsaturated/α-hetero) is 1. The maximum Gasteiger partial charge on any atom is 0.242 e. The molecule has 1 atom stereocenters. The number of nitrogens with one attached hydrogen (secondary N) is 1. The summed E-state index contributed by atoms with van der Waals surface area (Å²) >= 11 is 6.20. The van der Waals surface area contributed by atoms with Gasteiger partial charge in [0.05, 0.1) is 24.0 Å². The number of benzene rings is 3. The molecule has 2 aliphatic heterocycles. The number of piperazine rings is 1. The lowest BCUT2D eigenvalue weighted by molar-refractivity contribution is -0.130. The molecule has 2 heterocycles. The Balaban J connectivity index is 1.34. The second-order valence-electron chi connectivity index (χ2n) is 11.9. The first-order valence-corrected chi connectivity index (χ1v) is 14.5. The fourth-order valence-electron chi connectivity index (χ4n) is 6.35. The van der Waals surface area contributed by atoms with Crippen LogP contribution in [-0.4, -0.2) is 49.3 Å². The molecule has 3 aliphatic rings. The van der Waals surface area contributed by atoms with Crippen LogP contribution in [0, 0.1) is 11.2 Å². The number of hydrogen-bond donors (Lipinski definition) is 1. The first-order chi connectivity index (χ1) is 19.7. The lowest BCUT2D eigenvalue weighted by Crippen LogP contribution is -2.52. The number of para-hydroxylation sites is 2. The van der Waals surface area contributed by atoms with Gasteiger partial charge in [-0.3, -0.25) is 9.59 Å². The minimum absolute atomic E-state index is 0.00898. The van der Waals surface area contributed by atoms with Crippen LogP contribution >= 0.6 is 11.6 Å². The van der Waals surface area contributed by atoms with Crippen molar-refractivity contribution in [3.05, 3.63) is 100 Å². The van der Waals surface area contributed by atoms with Crippen LogP contribution in [0.4, 0.5) is 21.5 Å². The zero-order chi connectivity index (χ0) is 28.7. The van der Waals surface area contributed by atoms with Gasteiger partial charge in [0, 0.05) is 54.6 Å². The topological polar surface area (TPSA) is 55.9 Å². The summed E-state index contributed by atoms with van der Waals surface area (Å²) in [5, 5.41) is 4.26. The number of nitrogens with zero attached hydrogens (tertiary/aromatic N) is 3. The summed E-state index contributed by atoms with van der Waals surface area (Å²) in [4.78, 5) is 33.9. The Kier molecular flexibility index (Phi) is 7.24. The van der Waals surface area contributed by atoms with E-state index in [2.05, 4.69) is 24.1 Å². The third-order valence-corrected chi connectivity index (χ3v) is 8.54. The largest absolute Gasteiger partial charge is 0.368 e. The monoisotopic (exact) mass is 572 g/mol. The van der Waals surface area contributed by atoms with Crippen LogP contribution in [0.3, 0.4) is 0 Å². The van der Waals surface area contributed by atoms with E-state index in [1.54, 1.807) is 12.1 Å². The Morgan fingerprint density at radius 3 is 2.44 bits per heavy atom. The normalized spacial score (nSPS) is 20.2. The van der Waals surface area contributed by atoms with E-state index in [1.165, 1.54) is 12.1 Å². The number of fused-ring (bicyclic) bond motifs is 1. The van der Waals surface area contributed by atoms with E-state index in [0.29, 0.717) is 49.6 Å². The zero-order valence-corrected chi connectivity index (χ0v) is 24.1. The second kappa shape index (κ2) is 10.9. The van der Waals surface area contributed by atoms with Crippen molar-refractivity contribution in [3.63, 3.8) is 0 Å². The molecule has 3 aromatic rings. The van der Waals surface area contributed by atoms with E-state index >= 15 is 0 Å². The Bertz CT molecular complexity index is 1510. The second-order valence-corrected chi connectivity index (χ2v) is 12.3. The SMILES string of the molecule is CC1(C)CC(=O)C2=C(C1)Nc1ccccc1N(CC(=O)N1CCN(c3cccc(Cl)c3)CC1)C2c1ccc(F)cc1. The summed E-state index contributed by atoms with van der Waals surface area (Å²) < 4.78 is 14.0. The molecule has 1 N–H and O–H groups in total. The van der Waals surface area contributed by atoms with E-state index in [-0.39, 0.29) is 29.5 Å². The molecule has 1 fully saturated rings. The van der Waals surface area contributed by atoms with Gasteiger partial charge >= 0.3 is 0 Å². The number of halogens is 2. The molecule has 0 radical (unpaired) electrons. The van der Waals surface area contributed by atoms with E-state index in [0.717, 1.165) is 28.3 Å². The highest BCUT2D eigenvalue weighted by atomic mass is 35.5. The van der Waals surface area contributed by atoms with Gasteiger partial charge in [-0.2, -0.15) is 0 Å². The van der Waals surface area contributed by atoms with Crippen molar-refractivity contribution in [2.45, 2.75) is 32.7 Å². The van der Waals surface area contributed by atoms with Crippen molar-refractivity contribution in [1.82, 2.24) is 4.90 Å². The van der Waals surface area contributed by atoms with Gasteiger partial charge in [0.25, 0.3) is 0 Å². The molecular weight excluding hydrogens is 539 g/mol. The molecule has 0 spiro atoms. The Morgan fingerprint density at radius 2 is 1.71 bits per heavy atom. The maximum absolute atomic E-state index is 14.0. The van der Waals surface area contributed by atoms with Gasteiger partial charge in [-0.25, -0.2) is 4.39 Å². The summed E-state index contributed by atoms with van der Waals surface area (Å²) in [6.07, 6.45) is 1.11. The molecule has 6 nitrogen and oxygen atoms in total. The molecule has 1 aliphatic carbocycles. The van der Waals surface area contributed by atoms with Gasteiger partial charge < -0.3 is 20.0 Å². The Labute approximate surface area is 245 Å². The van der Waals surface area contributed by atoms with Crippen LogP contribution in [0.1, 0.15) is 38.3 Å². The summed E-state index contributed by atoms with van der Waals surface area (Å²) in [5.74, 6) is -0.296. The van der Waals surface area contributed by atoms with E-state index in [9.17, 15) is 14.0 Å². The van der Waals surface area contributed by atoms with Crippen molar-refractivity contribution in [2.75, 3.05) is 47.8 Å². The molecule has 6 rings (SSSR count).